The lowest BCUT2D eigenvalue weighted by molar-refractivity contribution is -0.512. The summed E-state index contributed by atoms with van der Waals surface area (Å²) in [5, 5.41) is 82.9. The van der Waals surface area contributed by atoms with E-state index in [9.17, 15) is 25.5 Å². The molecule has 0 amide bonds. The van der Waals surface area contributed by atoms with E-state index in [2.05, 4.69) is 9.47 Å². The van der Waals surface area contributed by atoms with E-state index in [0.29, 0.717) is 0 Å². The molecule has 17 heavy (non-hydrogen) atoms. The summed E-state index contributed by atoms with van der Waals surface area (Å²) < 4.78 is 7.65. The van der Waals surface area contributed by atoms with Crippen molar-refractivity contribution in [1.29, 1.82) is 0 Å². The monoisotopic (exact) mass is 258 g/mol. The minimum atomic E-state index is -4.08. The third-order valence-electron chi connectivity index (χ3n) is 2.79. The molecule has 2 fully saturated rings. The van der Waals surface area contributed by atoms with Crippen LogP contribution < -0.4 is 0 Å². The maximum absolute atomic E-state index is 9.67. The van der Waals surface area contributed by atoms with Crippen LogP contribution in [0, 0.1) is 0 Å². The Balaban J connectivity index is 2.62. The molecule has 0 saturated carbocycles. The van der Waals surface area contributed by atoms with Crippen LogP contribution in [0.1, 0.15) is 0 Å². The minimum Gasteiger partial charge on any atom is -0.381 e. The summed E-state index contributed by atoms with van der Waals surface area (Å²) in [7, 11) is 0. The molecule has 100 valence electrons. The van der Waals surface area contributed by atoms with Crippen molar-refractivity contribution >= 4 is 0 Å². The van der Waals surface area contributed by atoms with Gasteiger partial charge in [0.15, 0.2) is 6.10 Å². The molecule has 2 aliphatic heterocycles. The van der Waals surface area contributed by atoms with Gasteiger partial charge in [-0.05, 0) is 0 Å². The van der Waals surface area contributed by atoms with E-state index in [-0.39, 0.29) is 0 Å². The summed E-state index contributed by atoms with van der Waals surface area (Å²) in [5.41, 5.74) is -3.76. The zero-order valence-electron chi connectivity index (χ0n) is 7.92. The Bertz CT molecular complexity index is 363. The number of aliphatic hydroxyl groups excluding tert-OH is 1. The SMILES string of the molecule is OC1C(O)(O)OC2(O)OC(O)(O)C(O)(O)C12O. The van der Waals surface area contributed by atoms with E-state index >= 15 is 0 Å². The number of ether oxygens (including phenoxy) is 2. The highest BCUT2D eigenvalue weighted by Crippen LogP contribution is 2.56. The van der Waals surface area contributed by atoms with Crippen LogP contribution in [-0.4, -0.2) is 81.4 Å². The molecule has 0 aromatic rings. The Hall–Kier alpha value is -0.440. The van der Waals surface area contributed by atoms with E-state index in [4.69, 9.17) is 20.4 Å². The molecule has 2 aliphatic rings. The van der Waals surface area contributed by atoms with E-state index < -0.39 is 35.4 Å². The van der Waals surface area contributed by atoms with Crippen LogP contribution in [0.3, 0.4) is 0 Å². The van der Waals surface area contributed by atoms with Crippen molar-refractivity contribution in [3.8, 4) is 0 Å². The lowest BCUT2D eigenvalue weighted by Gasteiger charge is -2.36. The maximum atomic E-state index is 9.67. The summed E-state index contributed by atoms with van der Waals surface area (Å²) in [4.78, 5) is 0. The molecule has 0 aromatic carbocycles. The molecule has 2 saturated heterocycles. The molecule has 9 N–H and O–H groups in total. The predicted octanol–water partition coefficient (Wildman–Crippen LogP) is -6.26. The molecule has 2 heterocycles. The molecule has 11 heteroatoms. The van der Waals surface area contributed by atoms with Gasteiger partial charge >= 0.3 is 17.9 Å². The van der Waals surface area contributed by atoms with Crippen LogP contribution >= 0.6 is 0 Å². The molecule has 0 bridgehead atoms. The van der Waals surface area contributed by atoms with Crippen molar-refractivity contribution < 1.29 is 55.4 Å². The minimum absolute atomic E-state index is 2.95. The molecule has 3 unspecified atom stereocenters. The van der Waals surface area contributed by atoms with Gasteiger partial charge in [0.1, 0.15) is 0 Å². The third kappa shape index (κ3) is 1.12. The fourth-order valence-corrected chi connectivity index (χ4v) is 1.80. The number of rotatable bonds is 0. The summed E-state index contributed by atoms with van der Waals surface area (Å²) in [6.45, 7) is 0. The van der Waals surface area contributed by atoms with Crippen molar-refractivity contribution in [2.75, 3.05) is 0 Å². The van der Waals surface area contributed by atoms with Crippen LogP contribution in [0.4, 0.5) is 0 Å². The van der Waals surface area contributed by atoms with E-state index in [1.54, 1.807) is 0 Å². The molecule has 2 rings (SSSR count). The number of hydrogen-bond donors (Lipinski definition) is 9. The van der Waals surface area contributed by atoms with Crippen LogP contribution in [0.25, 0.3) is 0 Å². The van der Waals surface area contributed by atoms with Gasteiger partial charge in [0.25, 0.3) is 5.79 Å². The Morgan fingerprint density at radius 3 is 1.65 bits per heavy atom. The lowest BCUT2D eigenvalue weighted by Crippen LogP contribution is -2.70. The zero-order chi connectivity index (χ0) is 13.5. The van der Waals surface area contributed by atoms with E-state index in [1.165, 1.54) is 0 Å². The van der Waals surface area contributed by atoms with Gasteiger partial charge in [0, 0.05) is 0 Å². The largest absolute Gasteiger partial charge is 0.381 e. The first-order chi connectivity index (χ1) is 7.32. The third-order valence-corrected chi connectivity index (χ3v) is 2.79. The zero-order valence-corrected chi connectivity index (χ0v) is 7.92. The number of aliphatic hydroxyl groups is 9. The smallest absolute Gasteiger partial charge is 0.343 e. The lowest BCUT2D eigenvalue weighted by atomic mass is 9.86. The molecule has 0 spiro atoms. The van der Waals surface area contributed by atoms with Crippen molar-refractivity contribution in [2.45, 2.75) is 35.4 Å². The Morgan fingerprint density at radius 1 is 0.765 bits per heavy atom. The molecule has 3 atom stereocenters. The Labute approximate surface area is 91.9 Å². The van der Waals surface area contributed by atoms with Crippen molar-refractivity contribution in [1.82, 2.24) is 0 Å². The van der Waals surface area contributed by atoms with Gasteiger partial charge in [-0.25, -0.2) is 0 Å². The van der Waals surface area contributed by atoms with Gasteiger partial charge in [-0.1, -0.05) is 0 Å². The summed E-state index contributed by atoms with van der Waals surface area (Å²) >= 11 is 0. The van der Waals surface area contributed by atoms with Crippen LogP contribution in [0.15, 0.2) is 0 Å². The predicted molar refractivity (Wildman–Crippen MR) is 39.6 cm³/mol. The first kappa shape index (κ1) is 13.0. The molecular weight excluding hydrogens is 248 g/mol. The molecule has 0 aromatic heterocycles. The van der Waals surface area contributed by atoms with E-state index in [0.717, 1.165) is 0 Å². The topological polar surface area (TPSA) is 201 Å². The number of hydrogen-bond acceptors (Lipinski definition) is 11. The molecule has 11 nitrogen and oxygen atoms in total. The van der Waals surface area contributed by atoms with Gasteiger partial charge in [-0.2, -0.15) is 0 Å². The van der Waals surface area contributed by atoms with Crippen LogP contribution in [-0.2, 0) is 9.47 Å². The van der Waals surface area contributed by atoms with Crippen LogP contribution in [0.2, 0.25) is 0 Å². The second-order valence-electron chi connectivity index (χ2n) is 3.89. The van der Waals surface area contributed by atoms with Crippen molar-refractivity contribution in [3.63, 3.8) is 0 Å². The van der Waals surface area contributed by atoms with Gasteiger partial charge in [-0.3, -0.25) is 9.47 Å². The second-order valence-corrected chi connectivity index (χ2v) is 3.89. The summed E-state index contributed by atoms with van der Waals surface area (Å²) in [6, 6.07) is 0. The van der Waals surface area contributed by atoms with Crippen molar-refractivity contribution in [2.24, 2.45) is 0 Å². The summed E-state index contributed by atoms with van der Waals surface area (Å²) in [6.07, 6.45) is -2.95. The Kier molecular flexibility index (Phi) is 2.11. The summed E-state index contributed by atoms with van der Waals surface area (Å²) in [5.74, 6) is -15.3. The molecular formula is C6H10O11. The highest BCUT2D eigenvalue weighted by atomic mass is 17.0. The fourth-order valence-electron chi connectivity index (χ4n) is 1.80. The quantitative estimate of drug-likeness (QED) is 0.187. The molecule has 0 radical (unpaired) electrons. The maximum Gasteiger partial charge on any atom is 0.343 e. The highest BCUT2D eigenvalue weighted by Gasteiger charge is 2.91. The van der Waals surface area contributed by atoms with Gasteiger partial charge in [-0.15, -0.1) is 0 Å². The normalized spacial score (nSPS) is 50.3. The van der Waals surface area contributed by atoms with Crippen molar-refractivity contribution in [3.05, 3.63) is 0 Å². The van der Waals surface area contributed by atoms with Gasteiger partial charge < -0.3 is 46.0 Å². The highest BCUT2D eigenvalue weighted by molar-refractivity contribution is 5.17. The van der Waals surface area contributed by atoms with Gasteiger partial charge in [0.2, 0.25) is 5.60 Å². The van der Waals surface area contributed by atoms with E-state index in [1.807, 2.05) is 0 Å². The molecule has 0 aliphatic carbocycles. The second kappa shape index (κ2) is 2.76. The first-order valence-electron chi connectivity index (χ1n) is 4.19. The Morgan fingerprint density at radius 2 is 1.24 bits per heavy atom. The average molecular weight is 258 g/mol. The first-order valence-corrected chi connectivity index (χ1v) is 4.19. The van der Waals surface area contributed by atoms with Crippen LogP contribution in [0.5, 0.6) is 0 Å². The van der Waals surface area contributed by atoms with Gasteiger partial charge in [0.05, 0.1) is 0 Å². The standard InChI is InChI=1S/C6H10O11/c7-1-2(8)4(11,12)5(13,14)17-6(2,15)16-3(1,9)10/h1,7-15H. The fraction of sp³-hybridized carbons (Fsp3) is 1.00. The average Bonchev–Trinajstić information content (AvgIpc) is 2.28. The number of fused-ring (bicyclic) bond motifs is 1.